The number of carbonyl (C=O) groups excluding carboxylic acids is 1. The zero-order valence-electron chi connectivity index (χ0n) is 13.9. The van der Waals surface area contributed by atoms with Gasteiger partial charge < -0.3 is 15.2 Å². The number of thiazole rings is 1. The number of carboxylic acid groups (broad SMARTS) is 1. The smallest absolute Gasteiger partial charge is 0.329 e. The molecule has 3 rings (SSSR count). The average molecular weight is 360 g/mol. The number of aliphatic carboxylic acids is 1. The molecule has 1 aliphatic heterocycles. The Hall–Kier alpha value is -2.25. The molecule has 2 N–H and O–H groups in total. The van der Waals surface area contributed by atoms with Crippen molar-refractivity contribution in [2.75, 3.05) is 13.2 Å². The highest BCUT2D eigenvalue weighted by molar-refractivity contribution is 7.13. The second-order valence-electron chi connectivity index (χ2n) is 6.14. The molecule has 1 aromatic heterocycles. The van der Waals surface area contributed by atoms with Crippen molar-refractivity contribution in [1.82, 2.24) is 10.3 Å². The molecular weight excluding hydrogens is 340 g/mol. The van der Waals surface area contributed by atoms with Gasteiger partial charge in [-0.3, -0.25) is 4.79 Å². The van der Waals surface area contributed by atoms with Crippen molar-refractivity contribution in [3.8, 4) is 0 Å². The van der Waals surface area contributed by atoms with Crippen LogP contribution in [0.5, 0.6) is 0 Å². The highest BCUT2D eigenvalue weighted by Gasteiger charge is 2.42. The van der Waals surface area contributed by atoms with Gasteiger partial charge in [0.25, 0.3) is 5.91 Å². The molecule has 2 heterocycles. The predicted octanol–water partition coefficient (Wildman–Crippen LogP) is 2.41. The van der Waals surface area contributed by atoms with Crippen LogP contribution in [0.2, 0.25) is 0 Å². The van der Waals surface area contributed by atoms with Crippen LogP contribution < -0.4 is 5.32 Å². The minimum atomic E-state index is -1.26. The van der Waals surface area contributed by atoms with E-state index in [1.54, 1.807) is 6.92 Å². The molecule has 0 bridgehead atoms. The Morgan fingerprint density at radius 2 is 1.96 bits per heavy atom. The molecule has 0 unspecified atom stereocenters. The summed E-state index contributed by atoms with van der Waals surface area (Å²) in [5.74, 6) is -1.39. The normalized spacial score (nSPS) is 16.4. The van der Waals surface area contributed by atoms with E-state index in [9.17, 15) is 14.7 Å². The molecule has 25 heavy (non-hydrogen) atoms. The molecule has 1 amide bonds. The average Bonchev–Trinajstić information content (AvgIpc) is 2.97. The predicted molar refractivity (Wildman–Crippen MR) is 94.0 cm³/mol. The summed E-state index contributed by atoms with van der Waals surface area (Å²) in [7, 11) is 0. The van der Waals surface area contributed by atoms with Gasteiger partial charge in [0.2, 0.25) is 0 Å². The van der Waals surface area contributed by atoms with Gasteiger partial charge in [-0.1, -0.05) is 30.3 Å². The lowest BCUT2D eigenvalue weighted by molar-refractivity contribution is -0.148. The third-order valence-corrected chi connectivity index (χ3v) is 5.51. The summed E-state index contributed by atoms with van der Waals surface area (Å²) >= 11 is 1.31. The zero-order chi connectivity index (χ0) is 17.9. The first-order valence-corrected chi connectivity index (χ1v) is 8.96. The number of ether oxygens (including phenoxy) is 1. The number of aromatic nitrogens is 1. The van der Waals surface area contributed by atoms with Crippen molar-refractivity contribution in [2.24, 2.45) is 0 Å². The van der Waals surface area contributed by atoms with E-state index in [0.717, 1.165) is 10.6 Å². The molecule has 2 aromatic rings. The maximum absolute atomic E-state index is 12.7. The molecule has 0 radical (unpaired) electrons. The van der Waals surface area contributed by atoms with Crippen molar-refractivity contribution >= 4 is 23.2 Å². The van der Waals surface area contributed by atoms with Crippen molar-refractivity contribution in [3.63, 3.8) is 0 Å². The van der Waals surface area contributed by atoms with Gasteiger partial charge in [-0.05, 0) is 12.5 Å². The number of nitrogens with one attached hydrogen (secondary N) is 1. The lowest BCUT2D eigenvalue weighted by Crippen LogP contribution is -2.57. The summed E-state index contributed by atoms with van der Waals surface area (Å²) in [6, 6.07) is 9.90. The van der Waals surface area contributed by atoms with Gasteiger partial charge in [-0.25, -0.2) is 9.78 Å². The molecule has 132 valence electrons. The maximum Gasteiger partial charge on any atom is 0.329 e. The van der Waals surface area contributed by atoms with Crippen LogP contribution in [0.1, 0.15) is 38.8 Å². The third kappa shape index (κ3) is 3.88. The largest absolute Gasteiger partial charge is 0.480 e. The standard InChI is InChI=1S/C18H20N2O4S/c1-12-15(25-14(19-12)11-13-5-3-2-4-6-13)16(21)20-18(17(22)23)7-9-24-10-8-18/h2-6H,7-11H2,1H3,(H,20,21)(H,22,23). The lowest BCUT2D eigenvalue weighted by atomic mass is 9.90. The van der Waals surface area contributed by atoms with Crippen LogP contribution in [0, 0.1) is 6.92 Å². The van der Waals surface area contributed by atoms with Crippen LogP contribution >= 0.6 is 11.3 Å². The quantitative estimate of drug-likeness (QED) is 0.855. The van der Waals surface area contributed by atoms with E-state index < -0.39 is 11.5 Å². The summed E-state index contributed by atoms with van der Waals surface area (Å²) < 4.78 is 5.23. The molecule has 0 spiro atoms. The highest BCUT2D eigenvalue weighted by Crippen LogP contribution is 2.25. The van der Waals surface area contributed by atoms with Crippen molar-refractivity contribution < 1.29 is 19.4 Å². The fourth-order valence-electron chi connectivity index (χ4n) is 2.90. The van der Waals surface area contributed by atoms with E-state index in [1.807, 2.05) is 30.3 Å². The molecule has 7 heteroatoms. The van der Waals surface area contributed by atoms with Gasteiger partial charge in [0.05, 0.1) is 10.7 Å². The van der Waals surface area contributed by atoms with Crippen LogP contribution in [0.3, 0.4) is 0 Å². The van der Waals surface area contributed by atoms with E-state index >= 15 is 0 Å². The molecule has 1 aromatic carbocycles. The van der Waals surface area contributed by atoms with Crippen LogP contribution in [0.4, 0.5) is 0 Å². The first-order chi connectivity index (χ1) is 12.0. The van der Waals surface area contributed by atoms with E-state index in [2.05, 4.69) is 10.3 Å². The summed E-state index contributed by atoms with van der Waals surface area (Å²) in [4.78, 5) is 29.3. The van der Waals surface area contributed by atoms with E-state index in [-0.39, 0.29) is 18.7 Å². The number of carboxylic acids is 1. The third-order valence-electron chi connectivity index (χ3n) is 4.35. The molecule has 0 atom stereocenters. The Labute approximate surface area is 149 Å². The molecule has 6 nitrogen and oxygen atoms in total. The SMILES string of the molecule is Cc1nc(Cc2ccccc2)sc1C(=O)NC1(C(=O)O)CCOCC1. The molecule has 0 aliphatic carbocycles. The maximum atomic E-state index is 12.7. The number of hydrogen-bond acceptors (Lipinski definition) is 5. The van der Waals surface area contributed by atoms with Gasteiger partial charge in [-0.15, -0.1) is 11.3 Å². The monoisotopic (exact) mass is 360 g/mol. The summed E-state index contributed by atoms with van der Waals surface area (Å²) in [5.41, 5.74) is 0.487. The Morgan fingerprint density at radius 3 is 2.60 bits per heavy atom. The molecular formula is C18H20N2O4S. The highest BCUT2D eigenvalue weighted by atomic mass is 32.1. The number of benzene rings is 1. The molecule has 1 saturated heterocycles. The van der Waals surface area contributed by atoms with E-state index in [1.165, 1.54) is 11.3 Å². The number of rotatable bonds is 5. The first kappa shape index (κ1) is 17.6. The second-order valence-corrected chi connectivity index (χ2v) is 7.22. The number of hydrogen-bond donors (Lipinski definition) is 2. The fraction of sp³-hybridized carbons (Fsp3) is 0.389. The molecule has 1 aliphatic rings. The summed E-state index contributed by atoms with van der Waals surface area (Å²) in [5, 5.41) is 13.1. The topological polar surface area (TPSA) is 88.5 Å². The van der Waals surface area contributed by atoms with E-state index in [0.29, 0.717) is 30.2 Å². The zero-order valence-corrected chi connectivity index (χ0v) is 14.8. The van der Waals surface area contributed by atoms with Gasteiger partial charge in [0.15, 0.2) is 0 Å². The second kappa shape index (κ2) is 7.33. The van der Waals surface area contributed by atoms with Crippen molar-refractivity contribution in [2.45, 2.75) is 31.7 Å². The van der Waals surface area contributed by atoms with Crippen LogP contribution in [0.25, 0.3) is 0 Å². The van der Waals surface area contributed by atoms with E-state index in [4.69, 9.17) is 4.74 Å². The number of amides is 1. The Bertz CT molecular complexity index is 767. The minimum absolute atomic E-state index is 0.267. The summed E-state index contributed by atoms with van der Waals surface area (Å²) in [6.07, 6.45) is 1.18. The van der Waals surface area contributed by atoms with Crippen molar-refractivity contribution in [1.29, 1.82) is 0 Å². The van der Waals surface area contributed by atoms with Crippen LogP contribution in [0.15, 0.2) is 30.3 Å². The minimum Gasteiger partial charge on any atom is -0.480 e. The Balaban J connectivity index is 1.77. The van der Waals surface area contributed by atoms with Gasteiger partial charge in [0.1, 0.15) is 10.4 Å². The fourth-order valence-corrected chi connectivity index (χ4v) is 3.89. The Kier molecular flexibility index (Phi) is 5.15. The molecule has 1 fully saturated rings. The number of nitrogens with zero attached hydrogens (tertiary/aromatic N) is 1. The first-order valence-electron chi connectivity index (χ1n) is 8.14. The van der Waals surface area contributed by atoms with Gasteiger partial charge in [0, 0.05) is 32.5 Å². The van der Waals surface area contributed by atoms with Crippen molar-refractivity contribution in [3.05, 3.63) is 51.5 Å². The lowest BCUT2D eigenvalue weighted by Gasteiger charge is -2.33. The van der Waals surface area contributed by atoms with Crippen LogP contribution in [-0.4, -0.2) is 40.7 Å². The van der Waals surface area contributed by atoms with Gasteiger partial charge in [-0.2, -0.15) is 0 Å². The number of aryl methyl sites for hydroxylation is 1. The number of carbonyl (C=O) groups is 2. The molecule has 0 saturated carbocycles. The Morgan fingerprint density at radius 1 is 1.28 bits per heavy atom. The van der Waals surface area contributed by atoms with Gasteiger partial charge >= 0.3 is 5.97 Å². The summed E-state index contributed by atoms with van der Waals surface area (Å²) in [6.45, 7) is 2.43. The van der Waals surface area contributed by atoms with Crippen LogP contribution in [-0.2, 0) is 16.0 Å².